The minimum atomic E-state index is -0.328. The molecule has 0 aliphatic heterocycles. The molecule has 0 unspecified atom stereocenters. The number of nitrogens with zero attached hydrogens (tertiary/aromatic N) is 1. The second kappa shape index (κ2) is 9.35. The summed E-state index contributed by atoms with van der Waals surface area (Å²) in [6.07, 6.45) is 0. The van der Waals surface area contributed by atoms with Crippen LogP contribution in [-0.4, -0.2) is 17.1 Å². The summed E-state index contributed by atoms with van der Waals surface area (Å²) in [6.45, 7) is 4.59. The molecule has 0 saturated carbocycles. The largest absolute Gasteiger partial charge is 0.487 e. The Hall–Kier alpha value is -3.79. The van der Waals surface area contributed by atoms with Crippen molar-refractivity contribution < 1.29 is 14.3 Å². The fraction of sp³-hybridized carbons (Fsp3) is 0.148. The van der Waals surface area contributed by atoms with E-state index in [2.05, 4.69) is 4.57 Å². The van der Waals surface area contributed by atoms with E-state index in [1.165, 1.54) is 0 Å². The topological polar surface area (TPSA) is 40.5 Å². The van der Waals surface area contributed by atoms with Crippen LogP contribution >= 0.6 is 0 Å². The molecule has 4 rings (SSSR count). The smallest absolute Gasteiger partial charge is 0.340 e. The highest BCUT2D eigenvalue weighted by molar-refractivity contribution is 5.97. The monoisotopic (exact) mass is 411 g/mol. The van der Waals surface area contributed by atoms with Gasteiger partial charge in [-0.05, 0) is 43.2 Å². The van der Waals surface area contributed by atoms with E-state index in [1.807, 2.05) is 105 Å². The molecule has 0 amide bonds. The highest BCUT2D eigenvalue weighted by Crippen LogP contribution is 2.35. The number of benzene rings is 3. The molecule has 4 aromatic rings. The second-order valence-corrected chi connectivity index (χ2v) is 7.21. The lowest BCUT2D eigenvalue weighted by Gasteiger charge is -2.17. The summed E-state index contributed by atoms with van der Waals surface area (Å²) in [5.74, 6) is 0.420. The average molecular weight is 412 g/mol. The maximum Gasteiger partial charge on any atom is 0.340 e. The Morgan fingerprint density at radius 3 is 2.23 bits per heavy atom. The second-order valence-electron chi connectivity index (χ2n) is 7.21. The van der Waals surface area contributed by atoms with Crippen molar-refractivity contribution in [2.75, 3.05) is 6.61 Å². The standard InChI is InChI=1S/C27H25NO3/c1-3-30-27(29)23-18-20(2)28(26(23)22-14-8-5-9-15-22)24-16-10-11-17-25(24)31-19-21-12-6-4-7-13-21/h4-18H,3,19H2,1-2H3. The molecule has 4 heteroatoms. The lowest BCUT2D eigenvalue weighted by Crippen LogP contribution is -2.08. The van der Waals surface area contributed by atoms with Crippen LogP contribution in [0.25, 0.3) is 16.9 Å². The Labute approximate surface area is 182 Å². The zero-order valence-electron chi connectivity index (χ0n) is 17.7. The summed E-state index contributed by atoms with van der Waals surface area (Å²) in [7, 11) is 0. The fourth-order valence-electron chi connectivity index (χ4n) is 3.69. The van der Waals surface area contributed by atoms with E-state index in [1.54, 1.807) is 0 Å². The minimum absolute atomic E-state index is 0.327. The summed E-state index contributed by atoms with van der Waals surface area (Å²) in [4.78, 5) is 12.8. The van der Waals surface area contributed by atoms with E-state index in [-0.39, 0.29) is 5.97 Å². The molecule has 3 aromatic carbocycles. The minimum Gasteiger partial charge on any atom is -0.487 e. The highest BCUT2D eigenvalue weighted by atomic mass is 16.5. The predicted molar refractivity (Wildman–Crippen MR) is 123 cm³/mol. The number of carbonyl (C=O) groups excluding carboxylic acids is 1. The number of hydrogen-bond acceptors (Lipinski definition) is 3. The molecule has 4 nitrogen and oxygen atoms in total. The van der Waals surface area contributed by atoms with Gasteiger partial charge >= 0.3 is 5.97 Å². The SMILES string of the molecule is CCOC(=O)c1cc(C)n(-c2ccccc2OCc2ccccc2)c1-c1ccccc1. The maximum absolute atomic E-state index is 12.8. The van der Waals surface area contributed by atoms with Gasteiger partial charge < -0.3 is 14.0 Å². The van der Waals surface area contributed by atoms with E-state index in [9.17, 15) is 4.79 Å². The number of carbonyl (C=O) groups is 1. The molecule has 0 atom stereocenters. The Morgan fingerprint density at radius 2 is 1.52 bits per heavy atom. The van der Waals surface area contributed by atoms with Gasteiger partial charge in [-0.2, -0.15) is 0 Å². The van der Waals surface area contributed by atoms with E-state index >= 15 is 0 Å². The molecule has 0 N–H and O–H groups in total. The summed E-state index contributed by atoms with van der Waals surface area (Å²) >= 11 is 0. The first-order chi connectivity index (χ1) is 15.2. The van der Waals surface area contributed by atoms with Crippen LogP contribution in [0, 0.1) is 6.92 Å². The third kappa shape index (κ3) is 4.38. The molecule has 0 bridgehead atoms. The lowest BCUT2D eigenvalue weighted by molar-refractivity contribution is 0.0527. The molecule has 0 fully saturated rings. The van der Waals surface area contributed by atoms with Crippen LogP contribution in [0.2, 0.25) is 0 Å². The van der Waals surface area contributed by atoms with Crippen LogP contribution in [-0.2, 0) is 11.3 Å². The van der Waals surface area contributed by atoms with E-state index in [0.29, 0.717) is 18.8 Å². The molecule has 0 spiro atoms. The van der Waals surface area contributed by atoms with Gasteiger partial charge in [0.05, 0.1) is 23.6 Å². The molecule has 0 aliphatic rings. The van der Waals surface area contributed by atoms with Crippen molar-refractivity contribution >= 4 is 5.97 Å². The lowest BCUT2D eigenvalue weighted by atomic mass is 10.1. The normalized spacial score (nSPS) is 10.6. The molecule has 1 heterocycles. The van der Waals surface area contributed by atoms with Gasteiger partial charge in [-0.3, -0.25) is 0 Å². The summed E-state index contributed by atoms with van der Waals surface area (Å²) in [5, 5.41) is 0. The van der Waals surface area contributed by atoms with Gasteiger partial charge in [0.2, 0.25) is 0 Å². The Kier molecular flexibility index (Phi) is 6.18. The van der Waals surface area contributed by atoms with Gasteiger partial charge in [0.1, 0.15) is 12.4 Å². The van der Waals surface area contributed by atoms with Crippen LogP contribution in [0.15, 0.2) is 91.0 Å². The molecule has 0 radical (unpaired) electrons. The Balaban J connectivity index is 1.82. The third-order valence-electron chi connectivity index (χ3n) is 5.07. The number of aryl methyl sites for hydroxylation is 1. The van der Waals surface area contributed by atoms with Gasteiger partial charge in [-0.15, -0.1) is 0 Å². The van der Waals surface area contributed by atoms with Crippen molar-refractivity contribution in [3.05, 3.63) is 108 Å². The van der Waals surface area contributed by atoms with Crippen LogP contribution in [0.4, 0.5) is 0 Å². The first kappa shape index (κ1) is 20.5. The van der Waals surface area contributed by atoms with Crippen LogP contribution in [0.5, 0.6) is 5.75 Å². The van der Waals surface area contributed by atoms with E-state index < -0.39 is 0 Å². The van der Waals surface area contributed by atoms with E-state index in [0.717, 1.165) is 34.0 Å². The van der Waals surface area contributed by atoms with Gasteiger partial charge in [-0.25, -0.2) is 4.79 Å². The summed E-state index contributed by atoms with van der Waals surface area (Å²) in [6, 6.07) is 29.7. The van der Waals surface area contributed by atoms with Crippen molar-refractivity contribution in [1.29, 1.82) is 0 Å². The van der Waals surface area contributed by atoms with Gasteiger partial charge in [0.25, 0.3) is 0 Å². The molecule has 156 valence electrons. The van der Waals surface area contributed by atoms with Gasteiger partial charge in [0, 0.05) is 5.69 Å². The number of hydrogen-bond donors (Lipinski definition) is 0. The molecule has 31 heavy (non-hydrogen) atoms. The Morgan fingerprint density at radius 1 is 0.871 bits per heavy atom. The molecule has 1 aromatic heterocycles. The summed E-state index contributed by atoms with van der Waals surface area (Å²) in [5.41, 5.74) is 5.19. The zero-order valence-corrected chi connectivity index (χ0v) is 17.7. The summed E-state index contributed by atoms with van der Waals surface area (Å²) < 4.78 is 13.6. The van der Waals surface area contributed by atoms with Crippen LogP contribution in [0.1, 0.15) is 28.5 Å². The van der Waals surface area contributed by atoms with Gasteiger partial charge in [0.15, 0.2) is 0 Å². The molecule has 0 aliphatic carbocycles. The number of aromatic nitrogens is 1. The Bertz CT molecular complexity index is 1160. The van der Waals surface area contributed by atoms with Crippen molar-refractivity contribution in [3.8, 4) is 22.7 Å². The zero-order chi connectivity index (χ0) is 21.6. The maximum atomic E-state index is 12.8. The highest BCUT2D eigenvalue weighted by Gasteiger charge is 2.23. The number of esters is 1. The van der Waals surface area contributed by atoms with Crippen LogP contribution in [0.3, 0.4) is 0 Å². The number of rotatable bonds is 7. The van der Waals surface area contributed by atoms with E-state index in [4.69, 9.17) is 9.47 Å². The quantitative estimate of drug-likeness (QED) is 0.340. The van der Waals surface area contributed by atoms with Crippen molar-refractivity contribution in [3.63, 3.8) is 0 Å². The van der Waals surface area contributed by atoms with Crippen molar-refractivity contribution in [1.82, 2.24) is 4.57 Å². The van der Waals surface area contributed by atoms with Crippen LogP contribution < -0.4 is 4.74 Å². The van der Waals surface area contributed by atoms with Crippen molar-refractivity contribution in [2.45, 2.75) is 20.5 Å². The third-order valence-corrected chi connectivity index (χ3v) is 5.07. The predicted octanol–water partition coefficient (Wildman–Crippen LogP) is 6.21. The number of para-hydroxylation sites is 2. The molecular weight excluding hydrogens is 386 g/mol. The molecular formula is C27H25NO3. The first-order valence-corrected chi connectivity index (χ1v) is 10.4. The first-order valence-electron chi connectivity index (χ1n) is 10.4. The fourth-order valence-corrected chi connectivity index (χ4v) is 3.69. The number of ether oxygens (including phenoxy) is 2. The van der Waals surface area contributed by atoms with Gasteiger partial charge in [-0.1, -0.05) is 72.8 Å². The van der Waals surface area contributed by atoms with Crippen molar-refractivity contribution in [2.24, 2.45) is 0 Å². The molecule has 0 saturated heterocycles. The average Bonchev–Trinajstić information content (AvgIpc) is 3.16.